The standard InChI is InChI=1S/C27H32N2O6S/c1-5-20-11-13-24(34-17-19(3)33-4)22(16-20)27(14-7-15-35-27)26(30)29-36(31,32)25-9-6-8-23-21(25)12-10-18(2)28-23/h6,8-13,16,19H,5,7,14-15,17H2,1-4H3,(H,29,30)/t19-,27-/m1/s1. The molecule has 1 fully saturated rings. The van der Waals surface area contributed by atoms with Gasteiger partial charge in [0.25, 0.3) is 15.9 Å². The Morgan fingerprint density at radius 1 is 1.22 bits per heavy atom. The highest BCUT2D eigenvalue weighted by Crippen LogP contribution is 2.42. The van der Waals surface area contributed by atoms with Crippen molar-refractivity contribution in [3.63, 3.8) is 0 Å². The maximum atomic E-state index is 13.8. The third kappa shape index (κ3) is 5.09. The van der Waals surface area contributed by atoms with Crippen LogP contribution in [0.25, 0.3) is 10.9 Å². The number of rotatable bonds is 9. The molecule has 192 valence electrons. The molecule has 1 amide bonds. The van der Waals surface area contributed by atoms with Gasteiger partial charge in [0.15, 0.2) is 5.60 Å². The Morgan fingerprint density at radius 2 is 2.03 bits per heavy atom. The number of methoxy groups -OCH3 is 1. The number of fused-ring (bicyclic) bond motifs is 1. The molecule has 0 unspecified atom stereocenters. The second kappa shape index (κ2) is 10.5. The Balaban J connectivity index is 1.73. The number of pyridine rings is 1. The lowest BCUT2D eigenvalue weighted by Gasteiger charge is -2.30. The first kappa shape index (κ1) is 26.1. The first-order valence-electron chi connectivity index (χ1n) is 12.1. The SMILES string of the molecule is CCc1ccc(OC[C@@H](C)OC)c([C@@]2(C(=O)NS(=O)(=O)c3cccc4nc(C)ccc34)CCCO2)c1. The van der Waals surface area contributed by atoms with Gasteiger partial charge < -0.3 is 14.2 Å². The lowest BCUT2D eigenvalue weighted by molar-refractivity contribution is -0.140. The first-order chi connectivity index (χ1) is 17.2. The molecule has 0 spiro atoms. The normalized spacial score (nSPS) is 18.8. The largest absolute Gasteiger partial charge is 0.490 e. The van der Waals surface area contributed by atoms with E-state index in [2.05, 4.69) is 9.71 Å². The summed E-state index contributed by atoms with van der Waals surface area (Å²) in [4.78, 5) is 18.2. The summed E-state index contributed by atoms with van der Waals surface area (Å²) in [7, 11) is -2.62. The van der Waals surface area contributed by atoms with Crippen molar-refractivity contribution in [1.29, 1.82) is 0 Å². The quantitative estimate of drug-likeness (QED) is 0.462. The van der Waals surface area contributed by atoms with E-state index in [9.17, 15) is 13.2 Å². The van der Waals surface area contributed by atoms with Crippen LogP contribution in [0.5, 0.6) is 5.75 Å². The predicted octanol–water partition coefficient (Wildman–Crippen LogP) is 4.03. The van der Waals surface area contributed by atoms with Crippen LogP contribution in [0.1, 0.15) is 43.5 Å². The Labute approximate surface area is 212 Å². The van der Waals surface area contributed by atoms with Gasteiger partial charge in [0, 0.05) is 30.4 Å². The molecular formula is C27H32N2O6S. The monoisotopic (exact) mass is 512 g/mol. The van der Waals surface area contributed by atoms with E-state index in [0.29, 0.717) is 41.7 Å². The van der Waals surface area contributed by atoms with Crippen LogP contribution in [0.15, 0.2) is 53.4 Å². The zero-order valence-electron chi connectivity index (χ0n) is 21.0. The van der Waals surface area contributed by atoms with Crippen LogP contribution in [0.4, 0.5) is 0 Å². The van der Waals surface area contributed by atoms with Crippen molar-refractivity contribution < 1.29 is 27.4 Å². The van der Waals surface area contributed by atoms with Gasteiger partial charge in [-0.1, -0.05) is 19.1 Å². The Morgan fingerprint density at radius 3 is 2.72 bits per heavy atom. The van der Waals surface area contributed by atoms with Crippen molar-refractivity contribution in [1.82, 2.24) is 9.71 Å². The number of nitrogens with one attached hydrogen (secondary N) is 1. The van der Waals surface area contributed by atoms with E-state index in [4.69, 9.17) is 14.2 Å². The van der Waals surface area contributed by atoms with Gasteiger partial charge in [-0.25, -0.2) is 13.1 Å². The Bertz CT molecular complexity index is 1370. The second-order valence-electron chi connectivity index (χ2n) is 9.03. The van der Waals surface area contributed by atoms with Gasteiger partial charge >= 0.3 is 0 Å². The number of carbonyl (C=O) groups excluding carboxylic acids is 1. The Hall–Kier alpha value is -3.01. The predicted molar refractivity (Wildman–Crippen MR) is 136 cm³/mol. The van der Waals surface area contributed by atoms with Gasteiger partial charge in [-0.15, -0.1) is 0 Å². The molecule has 3 aromatic rings. The fourth-order valence-electron chi connectivity index (χ4n) is 4.39. The highest BCUT2D eigenvalue weighted by molar-refractivity contribution is 7.90. The molecule has 0 saturated carbocycles. The minimum absolute atomic E-state index is 0.0123. The molecule has 1 aliphatic rings. The molecule has 2 atom stereocenters. The molecule has 8 nitrogen and oxygen atoms in total. The summed E-state index contributed by atoms with van der Waals surface area (Å²) in [5.74, 6) is -0.273. The minimum Gasteiger partial charge on any atom is -0.490 e. The average molecular weight is 513 g/mol. The highest BCUT2D eigenvalue weighted by atomic mass is 32.2. The number of aryl methyl sites for hydroxylation is 2. The van der Waals surface area contributed by atoms with Gasteiger partial charge in [0.05, 0.1) is 16.5 Å². The lowest BCUT2D eigenvalue weighted by Crippen LogP contribution is -2.46. The molecule has 1 aliphatic heterocycles. The molecule has 36 heavy (non-hydrogen) atoms. The van der Waals surface area contributed by atoms with Crippen molar-refractivity contribution >= 4 is 26.8 Å². The summed E-state index contributed by atoms with van der Waals surface area (Å²) in [6.45, 7) is 6.32. The van der Waals surface area contributed by atoms with Crippen LogP contribution >= 0.6 is 0 Å². The average Bonchev–Trinajstić information content (AvgIpc) is 3.37. The third-order valence-electron chi connectivity index (χ3n) is 6.50. The van der Waals surface area contributed by atoms with Crippen LogP contribution in [0.3, 0.4) is 0 Å². The van der Waals surface area contributed by atoms with E-state index in [0.717, 1.165) is 17.7 Å². The van der Waals surface area contributed by atoms with Crippen molar-refractivity contribution in [2.45, 2.75) is 56.6 Å². The number of hydrogen-bond acceptors (Lipinski definition) is 7. The van der Waals surface area contributed by atoms with Crippen LogP contribution in [-0.2, 0) is 36.3 Å². The number of nitrogens with zero attached hydrogens (tertiary/aromatic N) is 1. The van der Waals surface area contributed by atoms with Crippen molar-refractivity contribution in [2.24, 2.45) is 0 Å². The number of amides is 1. The van der Waals surface area contributed by atoms with E-state index >= 15 is 0 Å². The van der Waals surface area contributed by atoms with E-state index in [1.807, 2.05) is 32.9 Å². The van der Waals surface area contributed by atoms with Crippen LogP contribution < -0.4 is 9.46 Å². The zero-order valence-corrected chi connectivity index (χ0v) is 21.9. The highest BCUT2D eigenvalue weighted by Gasteiger charge is 2.48. The van der Waals surface area contributed by atoms with Gasteiger partial charge in [-0.3, -0.25) is 9.78 Å². The third-order valence-corrected chi connectivity index (χ3v) is 7.89. The van der Waals surface area contributed by atoms with E-state index in [1.54, 1.807) is 37.4 Å². The summed E-state index contributed by atoms with van der Waals surface area (Å²) in [6.07, 6.45) is 1.51. The number of ether oxygens (including phenoxy) is 3. The smallest absolute Gasteiger partial charge is 0.270 e. The van der Waals surface area contributed by atoms with Gasteiger partial charge in [0.1, 0.15) is 12.4 Å². The first-order valence-corrected chi connectivity index (χ1v) is 13.5. The van der Waals surface area contributed by atoms with E-state index < -0.39 is 21.5 Å². The molecule has 1 saturated heterocycles. The summed E-state index contributed by atoms with van der Waals surface area (Å²) < 4.78 is 46.6. The molecule has 1 aromatic heterocycles. The number of aromatic nitrogens is 1. The van der Waals surface area contributed by atoms with E-state index in [1.165, 1.54) is 6.07 Å². The Kier molecular flexibility index (Phi) is 7.63. The second-order valence-corrected chi connectivity index (χ2v) is 10.7. The van der Waals surface area contributed by atoms with Gasteiger partial charge in [-0.05, 0) is 75.1 Å². The molecule has 0 aliphatic carbocycles. The van der Waals surface area contributed by atoms with Crippen LogP contribution in [-0.4, -0.2) is 45.7 Å². The van der Waals surface area contributed by atoms with E-state index in [-0.39, 0.29) is 17.6 Å². The molecule has 0 radical (unpaired) electrons. The molecule has 1 N–H and O–H groups in total. The van der Waals surface area contributed by atoms with Crippen LogP contribution in [0, 0.1) is 6.92 Å². The van der Waals surface area contributed by atoms with Crippen molar-refractivity contribution in [2.75, 3.05) is 20.3 Å². The lowest BCUT2D eigenvalue weighted by atomic mass is 9.88. The van der Waals surface area contributed by atoms with Gasteiger partial charge in [-0.2, -0.15) is 0 Å². The fraction of sp³-hybridized carbons (Fsp3) is 0.407. The zero-order chi connectivity index (χ0) is 25.9. The summed E-state index contributed by atoms with van der Waals surface area (Å²) in [5, 5.41) is 0.440. The molecule has 0 bridgehead atoms. The maximum Gasteiger partial charge on any atom is 0.270 e. The van der Waals surface area contributed by atoms with Crippen molar-refractivity contribution in [3.8, 4) is 5.75 Å². The minimum atomic E-state index is -4.22. The van der Waals surface area contributed by atoms with Crippen molar-refractivity contribution in [3.05, 3.63) is 65.4 Å². The van der Waals surface area contributed by atoms with Crippen LogP contribution in [0.2, 0.25) is 0 Å². The topological polar surface area (TPSA) is 104 Å². The number of benzene rings is 2. The summed E-state index contributed by atoms with van der Waals surface area (Å²) >= 11 is 0. The van der Waals surface area contributed by atoms with Gasteiger partial charge in [0.2, 0.25) is 0 Å². The number of hydrogen-bond donors (Lipinski definition) is 1. The molecular weight excluding hydrogens is 480 g/mol. The summed E-state index contributed by atoms with van der Waals surface area (Å²) in [6, 6.07) is 13.9. The fourth-order valence-corrected chi connectivity index (χ4v) is 5.63. The number of sulfonamides is 1. The number of carbonyl (C=O) groups is 1. The molecule has 2 aromatic carbocycles. The summed E-state index contributed by atoms with van der Waals surface area (Å²) in [5.41, 5.74) is 1.31. The molecule has 9 heteroatoms. The molecule has 2 heterocycles. The maximum absolute atomic E-state index is 13.8. The molecule has 4 rings (SSSR count).